The molecule has 3 atom stereocenters. The summed E-state index contributed by atoms with van der Waals surface area (Å²) in [4.78, 5) is 31.0. The fourth-order valence-electron chi connectivity index (χ4n) is 2.94. The van der Waals surface area contributed by atoms with Crippen LogP contribution >= 0.6 is 24.8 Å². The maximum Gasteiger partial charge on any atom is 0.239 e. The van der Waals surface area contributed by atoms with Crippen LogP contribution in [0.25, 0.3) is 0 Å². The van der Waals surface area contributed by atoms with E-state index < -0.39 is 6.04 Å². The molecule has 148 valence electrons. The van der Waals surface area contributed by atoms with Gasteiger partial charge in [0.15, 0.2) is 0 Å². The molecular formula is C18H30Cl2N4O2. The number of carbonyl (C=O) groups excluding carboxylic acids is 2. The van der Waals surface area contributed by atoms with Gasteiger partial charge >= 0.3 is 0 Å². The molecule has 2 rings (SSSR count). The number of hydrogen-bond donors (Lipinski definition) is 2. The van der Waals surface area contributed by atoms with Gasteiger partial charge in [-0.05, 0) is 37.8 Å². The smallest absolute Gasteiger partial charge is 0.239 e. The first-order valence-corrected chi connectivity index (χ1v) is 8.71. The second-order valence-corrected chi connectivity index (χ2v) is 6.69. The summed E-state index contributed by atoms with van der Waals surface area (Å²) in [6.45, 7) is 7.00. The molecule has 0 radical (unpaired) electrons. The van der Waals surface area contributed by atoms with Crippen molar-refractivity contribution in [1.82, 2.24) is 9.88 Å². The Morgan fingerprint density at radius 3 is 2.69 bits per heavy atom. The SMILES string of the molecule is CCC(C)C(N)C(=O)N1CCCC(C(=O)Nc2cccc(C)n2)C1.Cl.Cl. The van der Waals surface area contributed by atoms with Gasteiger partial charge in [0, 0.05) is 18.8 Å². The van der Waals surface area contributed by atoms with E-state index in [0.717, 1.165) is 25.0 Å². The van der Waals surface area contributed by atoms with Gasteiger partial charge < -0.3 is 16.0 Å². The Morgan fingerprint density at radius 1 is 1.38 bits per heavy atom. The number of amides is 2. The minimum absolute atomic E-state index is 0. The van der Waals surface area contributed by atoms with Crippen LogP contribution in [0.15, 0.2) is 18.2 Å². The van der Waals surface area contributed by atoms with Gasteiger partial charge in [0.05, 0.1) is 12.0 Å². The lowest BCUT2D eigenvalue weighted by atomic mass is 9.94. The van der Waals surface area contributed by atoms with Crippen LogP contribution < -0.4 is 11.1 Å². The number of nitrogens with zero attached hydrogens (tertiary/aromatic N) is 2. The maximum atomic E-state index is 12.5. The quantitative estimate of drug-likeness (QED) is 0.789. The topological polar surface area (TPSA) is 88.3 Å². The Balaban J connectivity index is 0.00000312. The van der Waals surface area contributed by atoms with Crippen molar-refractivity contribution < 1.29 is 9.59 Å². The first-order chi connectivity index (χ1) is 11.4. The Hall–Kier alpha value is -1.37. The van der Waals surface area contributed by atoms with Crippen LogP contribution in [0.1, 0.15) is 38.8 Å². The van der Waals surface area contributed by atoms with Gasteiger partial charge in [-0.25, -0.2) is 4.98 Å². The number of carbonyl (C=O) groups is 2. The summed E-state index contributed by atoms with van der Waals surface area (Å²) < 4.78 is 0. The Bertz CT molecular complexity index is 600. The maximum absolute atomic E-state index is 12.5. The van der Waals surface area contributed by atoms with Crippen molar-refractivity contribution >= 4 is 42.4 Å². The minimum Gasteiger partial charge on any atom is -0.341 e. The second kappa shape index (κ2) is 11.4. The highest BCUT2D eigenvalue weighted by molar-refractivity contribution is 5.92. The Morgan fingerprint density at radius 2 is 2.08 bits per heavy atom. The summed E-state index contributed by atoms with van der Waals surface area (Å²) in [5.74, 6) is 0.357. The van der Waals surface area contributed by atoms with Crippen molar-refractivity contribution in [3.63, 3.8) is 0 Å². The van der Waals surface area contributed by atoms with Crippen molar-refractivity contribution in [2.75, 3.05) is 18.4 Å². The first kappa shape index (κ1) is 24.6. The number of anilines is 1. The van der Waals surface area contributed by atoms with Gasteiger partial charge in [-0.2, -0.15) is 0 Å². The molecule has 6 nitrogen and oxygen atoms in total. The Labute approximate surface area is 168 Å². The molecule has 1 aliphatic heterocycles. The highest BCUT2D eigenvalue weighted by atomic mass is 35.5. The van der Waals surface area contributed by atoms with Gasteiger partial charge in [-0.3, -0.25) is 9.59 Å². The molecule has 1 aromatic heterocycles. The largest absolute Gasteiger partial charge is 0.341 e. The first-order valence-electron chi connectivity index (χ1n) is 8.71. The van der Waals surface area contributed by atoms with Gasteiger partial charge in [-0.15, -0.1) is 24.8 Å². The summed E-state index contributed by atoms with van der Waals surface area (Å²) >= 11 is 0. The van der Waals surface area contributed by atoms with Crippen LogP contribution in [0.4, 0.5) is 5.82 Å². The summed E-state index contributed by atoms with van der Waals surface area (Å²) in [5.41, 5.74) is 6.92. The van der Waals surface area contributed by atoms with E-state index in [2.05, 4.69) is 10.3 Å². The predicted octanol–water partition coefficient (Wildman–Crippen LogP) is 2.78. The summed E-state index contributed by atoms with van der Waals surface area (Å²) in [7, 11) is 0. The molecular weight excluding hydrogens is 375 g/mol. The third-order valence-electron chi connectivity index (χ3n) is 4.79. The van der Waals surface area contributed by atoms with Crippen LogP contribution in [0.5, 0.6) is 0 Å². The predicted molar refractivity (Wildman–Crippen MR) is 109 cm³/mol. The number of aromatic nitrogens is 1. The van der Waals surface area contributed by atoms with E-state index in [0.29, 0.717) is 18.9 Å². The van der Waals surface area contributed by atoms with Crippen molar-refractivity contribution in [3.8, 4) is 0 Å². The van der Waals surface area contributed by atoms with Crippen LogP contribution in [-0.4, -0.2) is 40.8 Å². The minimum atomic E-state index is -0.491. The molecule has 1 fully saturated rings. The van der Waals surface area contributed by atoms with E-state index in [1.807, 2.05) is 32.9 Å². The normalized spacial score (nSPS) is 18.8. The van der Waals surface area contributed by atoms with Crippen molar-refractivity contribution in [1.29, 1.82) is 0 Å². The number of nitrogens with one attached hydrogen (secondary N) is 1. The highest BCUT2D eigenvalue weighted by Crippen LogP contribution is 2.20. The number of rotatable bonds is 5. The number of piperidine rings is 1. The van der Waals surface area contributed by atoms with Crippen LogP contribution in [0.3, 0.4) is 0 Å². The fraction of sp³-hybridized carbons (Fsp3) is 0.611. The van der Waals surface area contributed by atoms with Gasteiger partial charge in [0.1, 0.15) is 5.82 Å². The molecule has 26 heavy (non-hydrogen) atoms. The second-order valence-electron chi connectivity index (χ2n) is 6.69. The lowest BCUT2D eigenvalue weighted by Crippen LogP contribution is -2.51. The lowest BCUT2D eigenvalue weighted by molar-refractivity contribution is -0.136. The fourth-order valence-corrected chi connectivity index (χ4v) is 2.94. The third kappa shape index (κ3) is 6.41. The van der Waals surface area contributed by atoms with E-state index in [4.69, 9.17) is 5.73 Å². The molecule has 0 bridgehead atoms. The summed E-state index contributed by atoms with van der Waals surface area (Å²) in [5, 5.41) is 2.86. The molecule has 1 aromatic rings. The van der Waals surface area contributed by atoms with Gasteiger partial charge in [0.25, 0.3) is 0 Å². The monoisotopic (exact) mass is 404 g/mol. The molecule has 0 aliphatic carbocycles. The number of nitrogens with two attached hydrogens (primary N) is 1. The molecule has 1 aliphatic rings. The zero-order valence-corrected chi connectivity index (χ0v) is 17.2. The number of pyridine rings is 1. The number of halogens is 2. The van der Waals surface area contributed by atoms with Crippen molar-refractivity contribution in [2.45, 2.75) is 46.1 Å². The summed E-state index contributed by atoms with van der Waals surface area (Å²) in [6.07, 6.45) is 2.46. The molecule has 0 saturated carbocycles. The average molecular weight is 405 g/mol. The zero-order valence-electron chi connectivity index (χ0n) is 15.6. The molecule has 2 amide bonds. The number of aryl methyl sites for hydroxylation is 1. The van der Waals surface area contributed by atoms with Crippen molar-refractivity contribution in [2.24, 2.45) is 17.6 Å². The third-order valence-corrected chi connectivity index (χ3v) is 4.79. The summed E-state index contributed by atoms with van der Waals surface area (Å²) in [6, 6.07) is 5.03. The average Bonchev–Trinajstić information content (AvgIpc) is 2.59. The molecule has 3 unspecified atom stereocenters. The number of hydrogen-bond acceptors (Lipinski definition) is 4. The van der Waals surface area contributed by atoms with E-state index in [-0.39, 0.29) is 48.5 Å². The molecule has 0 spiro atoms. The molecule has 8 heteroatoms. The van der Waals surface area contributed by atoms with E-state index in [1.165, 1.54) is 0 Å². The van der Waals surface area contributed by atoms with Gasteiger partial charge in [0.2, 0.25) is 11.8 Å². The van der Waals surface area contributed by atoms with Crippen LogP contribution in [0, 0.1) is 18.8 Å². The van der Waals surface area contributed by atoms with Crippen LogP contribution in [0.2, 0.25) is 0 Å². The lowest BCUT2D eigenvalue weighted by Gasteiger charge is -2.34. The molecule has 1 saturated heterocycles. The standard InChI is InChI=1S/C18H28N4O2.2ClH/c1-4-12(2)16(19)18(24)22-10-6-8-14(11-22)17(23)21-15-9-5-7-13(3)20-15;;/h5,7,9,12,14,16H,4,6,8,10-11,19H2,1-3H3,(H,20,21,23);2*1H. The zero-order chi connectivity index (χ0) is 17.7. The van der Waals surface area contributed by atoms with Crippen LogP contribution in [-0.2, 0) is 9.59 Å². The van der Waals surface area contributed by atoms with E-state index >= 15 is 0 Å². The molecule has 0 aromatic carbocycles. The number of likely N-dealkylation sites (tertiary alicyclic amines) is 1. The van der Waals surface area contributed by atoms with Gasteiger partial charge in [-0.1, -0.05) is 26.3 Å². The van der Waals surface area contributed by atoms with Crippen molar-refractivity contribution in [3.05, 3.63) is 23.9 Å². The molecule has 2 heterocycles. The van der Waals surface area contributed by atoms with E-state index in [1.54, 1.807) is 11.0 Å². The highest BCUT2D eigenvalue weighted by Gasteiger charge is 2.32. The van der Waals surface area contributed by atoms with E-state index in [9.17, 15) is 9.59 Å². The molecule has 3 N–H and O–H groups in total. The Kier molecular flexibility index (Phi) is 10.8.